The monoisotopic (exact) mass is 347 g/mol. The van der Waals surface area contributed by atoms with E-state index >= 15 is 0 Å². The molecule has 3 atom stereocenters. The number of azide groups is 1. The van der Waals surface area contributed by atoms with E-state index in [1.807, 2.05) is 0 Å². The van der Waals surface area contributed by atoms with Gasteiger partial charge in [-0.2, -0.15) is 0 Å². The van der Waals surface area contributed by atoms with Gasteiger partial charge in [0.15, 0.2) is 0 Å². The minimum absolute atomic E-state index is 0.0879. The highest BCUT2D eigenvalue weighted by molar-refractivity contribution is 7.46. The van der Waals surface area contributed by atoms with Gasteiger partial charge < -0.3 is 14.5 Å². The molecule has 1 aromatic rings. The summed E-state index contributed by atoms with van der Waals surface area (Å²) < 4.78 is 21.7. The Kier molecular flexibility index (Phi) is 5.05. The Hall–Kier alpha value is -1.94. The molecule has 126 valence electrons. The van der Waals surface area contributed by atoms with E-state index in [0.29, 0.717) is 0 Å². The lowest BCUT2D eigenvalue weighted by Gasteiger charge is -2.17. The Morgan fingerprint density at radius 3 is 2.91 bits per heavy atom. The van der Waals surface area contributed by atoms with Crippen LogP contribution < -0.4 is 11.2 Å². The molecule has 0 spiro atoms. The van der Waals surface area contributed by atoms with Crippen molar-refractivity contribution in [2.45, 2.75) is 31.7 Å². The summed E-state index contributed by atoms with van der Waals surface area (Å²) in [4.78, 5) is 45.4. The van der Waals surface area contributed by atoms with Crippen LogP contribution in [0.2, 0.25) is 0 Å². The van der Waals surface area contributed by atoms with Gasteiger partial charge in [0.25, 0.3) is 5.56 Å². The number of aromatic nitrogens is 2. The van der Waals surface area contributed by atoms with E-state index in [-0.39, 0.29) is 12.0 Å². The van der Waals surface area contributed by atoms with E-state index in [2.05, 4.69) is 19.5 Å². The number of H-pyrrole nitrogens is 1. The predicted molar refractivity (Wildman–Crippen MR) is 75.5 cm³/mol. The summed E-state index contributed by atoms with van der Waals surface area (Å²) in [5, 5.41) is 3.49. The van der Waals surface area contributed by atoms with Crippen LogP contribution in [-0.4, -0.2) is 38.1 Å². The molecule has 1 saturated heterocycles. The van der Waals surface area contributed by atoms with Gasteiger partial charge in [0.05, 0.1) is 18.8 Å². The number of hydrogen-bond acceptors (Lipinski definition) is 6. The second-order valence-corrected chi connectivity index (χ2v) is 6.14. The molecule has 0 aromatic carbocycles. The first-order chi connectivity index (χ1) is 10.7. The van der Waals surface area contributed by atoms with Crippen LogP contribution in [0, 0.1) is 6.92 Å². The third-order valence-corrected chi connectivity index (χ3v) is 3.75. The molecule has 23 heavy (non-hydrogen) atoms. The third kappa shape index (κ3) is 4.29. The number of hydrogen-bond donors (Lipinski definition) is 3. The molecule has 1 fully saturated rings. The first kappa shape index (κ1) is 17.4. The minimum atomic E-state index is -4.71. The molecule has 0 saturated carbocycles. The van der Waals surface area contributed by atoms with Crippen LogP contribution in [-0.2, 0) is 13.8 Å². The van der Waals surface area contributed by atoms with Gasteiger partial charge in [-0.15, -0.1) is 0 Å². The van der Waals surface area contributed by atoms with Crippen LogP contribution in [0.1, 0.15) is 18.2 Å². The molecule has 1 aliphatic rings. The van der Waals surface area contributed by atoms with Crippen molar-refractivity contribution in [2.75, 3.05) is 6.61 Å². The zero-order valence-corrected chi connectivity index (χ0v) is 12.8. The van der Waals surface area contributed by atoms with Crippen LogP contribution in [0.5, 0.6) is 0 Å². The van der Waals surface area contributed by atoms with Crippen molar-refractivity contribution in [3.05, 3.63) is 43.0 Å². The van der Waals surface area contributed by atoms with E-state index in [9.17, 15) is 14.2 Å². The maximum atomic E-state index is 11.8. The van der Waals surface area contributed by atoms with Gasteiger partial charge in [0, 0.05) is 23.1 Å². The normalized spacial score (nSPS) is 24.4. The third-order valence-electron chi connectivity index (χ3n) is 3.27. The lowest BCUT2D eigenvalue weighted by atomic mass is 10.1. The van der Waals surface area contributed by atoms with E-state index in [1.54, 1.807) is 0 Å². The van der Waals surface area contributed by atoms with Crippen LogP contribution in [0.25, 0.3) is 10.4 Å². The Morgan fingerprint density at radius 2 is 2.30 bits per heavy atom. The second kappa shape index (κ2) is 6.67. The first-order valence-electron chi connectivity index (χ1n) is 6.43. The van der Waals surface area contributed by atoms with E-state index in [1.165, 1.54) is 13.1 Å². The van der Waals surface area contributed by atoms with Crippen molar-refractivity contribution >= 4 is 7.82 Å². The van der Waals surface area contributed by atoms with Gasteiger partial charge in [-0.3, -0.25) is 18.9 Å². The summed E-state index contributed by atoms with van der Waals surface area (Å²) >= 11 is 0. The topological polar surface area (TPSA) is 180 Å². The summed E-state index contributed by atoms with van der Waals surface area (Å²) in [5.41, 5.74) is 7.60. The molecule has 12 nitrogen and oxygen atoms in total. The van der Waals surface area contributed by atoms with Crippen LogP contribution in [0.15, 0.2) is 20.9 Å². The maximum Gasteiger partial charge on any atom is 0.469 e. The highest BCUT2D eigenvalue weighted by Crippen LogP contribution is 2.38. The van der Waals surface area contributed by atoms with E-state index in [4.69, 9.17) is 20.1 Å². The number of aryl methyl sites for hydroxylation is 1. The SMILES string of the molecule is Cc1cn(C2CC(N=[N+]=[N-])[C@@H](COP(=O)(O)O)O2)c(=O)[nH]c1=O. The molecular formula is C10H14N5O7P. The van der Waals surface area contributed by atoms with Crippen molar-refractivity contribution in [2.24, 2.45) is 5.11 Å². The average Bonchev–Trinajstić information content (AvgIpc) is 2.83. The van der Waals surface area contributed by atoms with Gasteiger partial charge in [-0.25, -0.2) is 9.36 Å². The fourth-order valence-electron chi connectivity index (χ4n) is 2.19. The molecule has 0 radical (unpaired) electrons. The predicted octanol–water partition coefficient (Wildman–Crippen LogP) is -0.0793. The number of nitrogens with zero attached hydrogens (tertiary/aromatic N) is 4. The van der Waals surface area contributed by atoms with Gasteiger partial charge in [0.1, 0.15) is 6.23 Å². The summed E-state index contributed by atoms with van der Waals surface area (Å²) in [6.45, 7) is 0.991. The first-order valence-corrected chi connectivity index (χ1v) is 7.96. The van der Waals surface area contributed by atoms with Crippen molar-refractivity contribution in [1.82, 2.24) is 9.55 Å². The molecule has 2 unspecified atom stereocenters. The molecule has 0 amide bonds. The zero-order chi connectivity index (χ0) is 17.2. The molecule has 2 heterocycles. The highest BCUT2D eigenvalue weighted by atomic mass is 31.2. The number of rotatable bonds is 5. The second-order valence-electron chi connectivity index (χ2n) is 4.90. The Bertz CT molecular complexity index is 792. The lowest BCUT2D eigenvalue weighted by molar-refractivity contribution is -0.0268. The zero-order valence-electron chi connectivity index (χ0n) is 11.9. The van der Waals surface area contributed by atoms with Crippen molar-refractivity contribution in [3.8, 4) is 0 Å². The van der Waals surface area contributed by atoms with Gasteiger partial charge in [-0.1, -0.05) is 5.11 Å². The fourth-order valence-corrected chi connectivity index (χ4v) is 2.54. The number of phosphoric acid groups is 1. The molecule has 1 aromatic heterocycles. The number of aromatic amines is 1. The van der Waals surface area contributed by atoms with Gasteiger partial charge >= 0.3 is 13.5 Å². The van der Waals surface area contributed by atoms with Gasteiger partial charge in [-0.05, 0) is 12.5 Å². The van der Waals surface area contributed by atoms with Crippen molar-refractivity contribution in [1.29, 1.82) is 0 Å². The summed E-state index contributed by atoms with van der Waals surface area (Å²) in [6, 6.07) is -0.782. The van der Waals surface area contributed by atoms with E-state index in [0.717, 1.165) is 4.57 Å². The minimum Gasteiger partial charge on any atom is -0.352 e. The number of ether oxygens (including phenoxy) is 1. The molecule has 3 N–H and O–H groups in total. The molecule has 1 aliphatic heterocycles. The van der Waals surface area contributed by atoms with Crippen LogP contribution in [0.4, 0.5) is 0 Å². The number of phosphoric ester groups is 1. The summed E-state index contributed by atoms with van der Waals surface area (Å²) in [7, 11) is -4.71. The highest BCUT2D eigenvalue weighted by Gasteiger charge is 2.37. The fraction of sp³-hybridized carbons (Fsp3) is 0.600. The van der Waals surface area contributed by atoms with E-state index < -0.39 is 44.1 Å². The maximum absolute atomic E-state index is 11.8. The molecular weight excluding hydrogens is 333 g/mol. The Morgan fingerprint density at radius 1 is 1.61 bits per heavy atom. The largest absolute Gasteiger partial charge is 0.469 e. The molecule has 13 heteroatoms. The molecule has 0 aliphatic carbocycles. The van der Waals surface area contributed by atoms with Crippen molar-refractivity contribution < 1.29 is 23.6 Å². The summed E-state index contributed by atoms with van der Waals surface area (Å²) in [5.74, 6) is 0. The van der Waals surface area contributed by atoms with Crippen molar-refractivity contribution in [3.63, 3.8) is 0 Å². The Balaban J connectivity index is 2.24. The quantitative estimate of drug-likeness (QED) is 0.288. The standard InChI is InChI=1S/C10H14N5O7P/c1-5-3-15(10(17)12-9(5)16)8-2-6(13-14-11)7(22-8)4-21-23(18,19)20/h3,6-8H,2,4H2,1H3,(H,12,16,17)(H2,18,19,20)/t6?,7-,8?/m1/s1. The smallest absolute Gasteiger partial charge is 0.352 e. The molecule has 2 rings (SSSR count). The Labute approximate surface area is 128 Å². The van der Waals surface area contributed by atoms with Crippen LogP contribution in [0.3, 0.4) is 0 Å². The number of nitrogens with one attached hydrogen (secondary N) is 1. The summed E-state index contributed by atoms with van der Waals surface area (Å²) in [6.07, 6.45) is -0.419. The van der Waals surface area contributed by atoms with Gasteiger partial charge in [0.2, 0.25) is 0 Å². The average molecular weight is 347 g/mol. The molecule has 0 bridgehead atoms. The lowest BCUT2D eigenvalue weighted by Crippen LogP contribution is -2.33. The van der Waals surface area contributed by atoms with Crippen LogP contribution >= 0.6 is 7.82 Å².